The van der Waals surface area contributed by atoms with E-state index < -0.39 is 10.0 Å². The lowest BCUT2D eigenvalue weighted by Gasteiger charge is -2.19. The standard InChI is InChI=1S/C12H11BrN2O2S/c1-15(11-5-7-14-8-6-11)18(16,17)12-4-2-3-10(13)9-12/h2-9H,1H3. The van der Waals surface area contributed by atoms with Crippen molar-refractivity contribution in [3.05, 3.63) is 53.3 Å². The van der Waals surface area contributed by atoms with Crippen LogP contribution in [-0.2, 0) is 10.0 Å². The molecule has 0 spiro atoms. The molecule has 1 heterocycles. The van der Waals surface area contributed by atoms with Crippen molar-refractivity contribution in [2.24, 2.45) is 0 Å². The third kappa shape index (κ3) is 2.54. The number of hydrogen-bond donors (Lipinski definition) is 0. The Morgan fingerprint density at radius 2 is 1.83 bits per heavy atom. The topological polar surface area (TPSA) is 50.3 Å². The highest BCUT2D eigenvalue weighted by Crippen LogP contribution is 2.23. The number of anilines is 1. The zero-order valence-electron chi connectivity index (χ0n) is 9.62. The summed E-state index contributed by atoms with van der Waals surface area (Å²) in [5.74, 6) is 0. The molecule has 0 fully saturated rings. The van der Waals surface area contributed by atoms with Gasteiger partial charge < -0.3 is 0 Å². The lowest BCUT2D eigenvalue weighted by atomic mass is 10.4. The summed E-state index contributed by atoms with van der Waals surface area (Å²) in [7, 11) is -2.02. The van der Waals surface area contributed by atoms with E-state index in [2.05, 4.69) is 20.9 Å². The summed E-state index contributed by atoms with van der Waals surface area (Å²) < 4.78 is 26.7. The molecule has 4 nitrogen and oxygen atoms in total. The Hall–Kier alpha value is -1.40. The summed E-state index contributed by atoms with van der Waals surface area (Å²) in [6.07, 6.45) is 3.12. The fourth-order valence-electron chi connectivity index (χ4n) is 1.48. The van der Waals surface area contributed by atoms with Crippen LogP contribution in [0.1, 0.15) is 0 Å². The van der Waals surface area contributed by atoms with Crippen LogP contribution in [0.5, 0.6) is 0 Å². The summed E-state index contributed by atoms with van der Waals surface area (Å²) in [6, 6.07) is 9.92. The van der Waals surface area contributed by atoms with E-state index in [1.165, 1.54) is 11.4 Å². The normalized spacial score (nSPS) is 11.2. The highest BCUT2D eigenvalue weighted by atomic mass is 79.9. The predicted molar refractivity (Wildman–Crippen MR) is 74.0 cm³/mol. The third-order valence-corrected chi connectivity index (χ3v) is 4.76. The molecule has 6 heteroatoms. The van der Waals surface area contributed by atoms with E-state index in [9.17, 15) is 8.42 Å². The van der Waals surface area contributed by atoms with Crippen LogP contribution in [0.2, 0.25) is 0 Å². The van der Waals surface area contributed by atoms with Gasteiger partial charge in [0, 0.05) is 23.9 Å². The molecule has 1 aromatic heterocycles. The second-order valence-corrected chi connectivity index (χ2v) is 6.52. The maximum atomic E-state index is 12.4. The van der Waals surface area contributed by atoms with E-state index in [-0.39, 0.29) is 4.90 Å². The molecule has 1 aromatic carbocycles. The van der Waals surface area contributed by atoms with Crippen LogP contribution in [-0.4, -0.2) is 20.4 Å². The van der Waals surface area contributed by atoms with Gasteiger partial charge in [-0.15, -0.1) is 0 Å². The molecule has 0 radical (unpaired) electrons. The highest BCUT2D eigenvalue weighted by molar-refractivity contribution is 9.10. The molecule has 0 aliphatic carbocycles. The number of pyridine rings is 1. The second-order valence-electron chi connectivity index (χ2n) is 3.64. The number of hydrogen-bond acceptors (Lipinski definition) is 3. The first-order valence-corrected chi connectivity index (χ1v) is 7.39. The van der Waals surface area contributed by atoms with Crippen molar-refractivity contribution in [1.82, 2.24) is 4.98 Å². The van der Waals surface area contributed by atoms with Gasteiger partial charge in [-0.25, -0.2) is 8.42 Å². The lowest BCUT2D eigenvalue weighted by molar-refractivity contribution is 0.594. The molecule has 0 saturated heterocycles. The van der Waals surface area contributed by atoms with Crippen LogP contribution in [0.25, 0.3) is 0 Å². The van der Waals surface area contributed by atoms with Gasteiger partial charge in [0.15, 0.2) is 0 Å². The van der Waals surface area contributed by atoms with Gasteiger partial charge in [0.1, 0.15) is 0 Å². The van der Waals surface area contributed by atoms with Gasteiger partial charge in [0.05, 0.1) is 10.6 Å². The Kier molecular flexibility index (Phi) is 3.68. The van der Waals surface area contributed by atoms with E-state index in [4.69, 9.17) is 0 Å². The minimum atomic E-state index is -3.54. The quantitative estimate of drug-likeness (QED) is 0.871. The number of rotatable bonds is 3. The van der Waals surface area contributed by atoms with E-state index in [1.54, 1.807) is 48.8 Å². The van der Waals surface area contributed by atoms with Crippen molar-refractivity contribution in [2.45, 2.75) is 4.90 Å². The molecule has 0 saturated carbocycles. The zero-order valence-corrected chi connectivity index (χ0v) is 12.0. The Balaban J connectivity index is 2.44. The largest absolute Gasteiger partial charge is 0.269 e. The number of aromatic nitrogens is 1. The molecule has 0 N–H and O–H groups in total. The average molecular weight is 327 g/mol. The van der Waals surface area contributed by atoms with Gasteiger partial charge in [0.25, 0.3) is 10.0 Å². The molecule has 0 amide bonds. The summed E-state index contributed by atoms with van der Waals surface area (Å²) >= 11 is 3.27. The van der Waals surface area contributed by atoms with E-state index in [0.29, 0.717) is 5.69 Å². The molecule has 0 atom stereocenters. The molecular weight excluding hydrogens is 316 g/mol. The summed E-state index contributed by atoms with van der Waals surface area (Å²) in [5.41, 5.74) is 0.574. The number of halogens is 1. The maximum Gasteiger partial charge on any atom is 0.264 e. The predicted octanol–water partition coefficient (Wildman–Crippen LogP) is 2.67. The van der Waals surface area contributed by atoms with Crippen molar-refractivity contribution in [1.29, 1.82) is 0 Å². The molecule has 2 aromatic rings. The lowest BCUT2D eigenvalue weighted by Crippen LogP contribution is -2.26. The molecule has 94 valence electrons. The van der Waals surface area contributed by atoms with Crippen molar-refractivity contribution in [3.63, 3.8) is 0 Å². The van der Waals surface area contributed by atoms with Crippen molar-refractivity contribution in [3.8, 4) is 0 Å². The number of sulfonamides is 1. The Labute approximate surface area is 114 Å². The molecule has 18 heavy (non-hydrogen) atoms. The first-order chi connectivity index (χ1) is 8.51. The van der Waals surface area contributed by atoms with E-state index in [0.717, 1.165) is 4.47 Å². The highest BCUT2D eigenvalue weighted by Gasteiger charge is 2.21. The first kappa shape index (κ1) is 13.0. The molecule has 2 rings (SSSR count). The van der Waals surface area contributed by atoms with Gasteiger partial charge in [-0.2, -0.15) is 0 Å². The average Bonchev–Trinajstić information content (AvgIpc) is 2.39. The van der Waals surface area contributed by atoms with Crippen LogP contribution in [0.3, 0.4) is 0 Å². The Bertz CT molecular complexity index is 644. The molecule has 0 aliphatic rings. The van der Waals surface area contributed by atoms with Gasteiger partial charge in [-0.3, -0.25) is 9.29 Å². The van der Waals surface area contributed by atoms with Crippen molar-refractivity contribution >= 4 is 31.6 Å². The van der Waals surface area contributed by atoms with Crippen molar-refractivity contribution < 1.29 is 8.42 Å². The van der Waals surface area contributed by atoms with Crippen LogP contribution in [0, 0.1) is 0 Å². The molecule has 0 unspecified atom stereocenters. The van der Waals surface area contributed by atoms with Gasteiger partial charge in [-0.1, -0.05) is 22.0 Å². The fourth-order valence-corrected chi connectivity index (χ4v) is 3.27. The van der Waals surface area contributed by atoms with Crippen LogP contribution in [0.15, 0.2) is 58.2 Å². The van der Waals surface area contributed by atoms with Crippen LogP contribution >= 0.6 is 15.9 Å². The first-order valence-electron chi connectivity index (χ1n) is 5.16. The fraction of sp³-hybridized carbons (Fsp3) is 0.0833. The van der Waals surface area contributed by atoms with Crippen LogP contribution < -0.4 is 4.31 Å². The minimum absolute atomic E-state index is 0.246. The summed E-state index contributed by atoms with van der Waals surface area (Å²) in [4.78, 5) is 4.11. The second kappa shape index (κ2) is 5.07. The summed E-state index contributed by atoms with van der Waals surface area (Å²) in [5, 5.41) is 0. The van der Waals surface area contributed by atoms with E-state index >= 15 is 0 Å². The third-order valence-electron chi connectivity index (χ3n) is 2.48. The Morgan fingerprint density at radius 1 is 1.17 bits per heavy atom. The minimum Gasteiger partial charge on any atom is -0.269 e. The smallest absolute Gasteiger partial charge is 0.264 e. The van der Waals surface area contributed by atoms with E-state index in [1.807, 2.05) is 0 Å². The SMILES string of the molecule is CN(c1ccncc1)S(=O)(=O)c1cccc(Br)c1. The van der Waals surface area contributed by atoms with Gasteiger partial charge >= 0.3 is 0 Å². The monoisotopic (exact) mass is 326 g/mol. The molecule has 0 bridgehead atoms. The Morgan fingerprint density at radius 3 is 2.44 bits per heavy atom. The van der Waals surface area contributed by atoms with Crippen molar-refractivity contribution in [2.75, 3.05) is 11.4 Å². The number of benzene rings is 1. The number of nitrogens with zero attached hydrogens (tertiary/aromatic N) is 2. The van der Waals surface area contributed by atoms with Gasteiger partial charge in [-0.05, 0) is 30.3 Å². The van der Waals surface area contributed by atoms with Gasteiger partial charge in [0.2, 0.25) is 0 Å². The molecule has 0 aliphatic heterocycles. The summed E-state index contributed by atoms with van der Waals surface area (Å²) in [6.45, 7) is 0. The maximum absolute atomic E-state index is 12.4. The zero-order chi connectivity index (χ0) is 13.2. The van der Waals surface area contributed by atoms with Crippen LogP contribution in [0.4, 0.5) is 5.69 Å². The molecular formula is C12H11BrN2O2S.